The maximum Gasteiger partial charge on any atom is 0.294 e. The highest BCUT2D eigenvalue weighted by atomic mass is 32.2. The molecule has 0 radical (unpaired) electrons. The van der Waals surface area contributed by atoms with Gasteiger partial charge in [0.05, 0.1) is 11.5 Å². The molecule has 0 atom stereocenters. The zero-order chi connectivity index (χ0) is 39.8. The zero-order valence-corrected chi connectivity index (χ0v) is 34.0. The summed E-state index contributed by atoms with van der Waals surface area (Å²) in [7, 11) is -4.24. The summed E-state index contributed by atoms with van der Waals surface area (Å²) in [4.78, 5) is 2.15. The quantitative estimate of drug-likeness (QED) is 0.0865. The number of benzene rings is 5. The Labute approximate surface area is 332 Å². The summed E-state index contributed by atoms with van der Waals surface area (Å²) in [5.74, 6) is 0.851. The molecule has 1 aliphatic carbocycles. The fraction of sp³-hybridized carbons (Fsp3) is 0.229. The molecule has 0 spiro atoms. The lowest BCUT2D eigenvalue weighted by Crippen LogP contribution is -2.22. The van der Waals surface area contributed by atoms with E-state index in [1.54, 1.807) is 12.1 Å². The molecule has 0 unspecified atom stereocenters. The molecule has 56 heavy (non-hydrogen) atoms. The van der Waals surface area contributed by atoms with Crippen molar-refractivity contribution in [1.82, 2.24) is 0 Å². The third-order valence-electron chi connectivity index (χ3n) is 10.1. The van der Waals surface area contributed by atoms with Crippen LogP contribution in [0.1, 0.15) is 61.1 Å². The van der Waals surface area contributed by atoms with Crippen LogP contribution in [-0.2, 0) is 23.2 Å². The number of hydrogen-bond acceptors (Lipinski definition) is 5. The molecular weight excluding hydrogens is 715 g/mol. The van der Waals surface area contributed by atoms with Crippen LogP contribution in [0.4, 0.5) is 17.1 Å². The van der Waals surface area contributed by atoms with Crippen molar-refractivity contribution in [3.63, 3.8) is 0 Å². The van der Waals surface area contributed by atoms with Gasteiger partial charge >= 0.3 is 0 Å². The first kappa shape index (κ1) is 40.0. The molecule has 5 aromatic carbocycles. The van der Waals surface area contributed by atoms with Gasteiger partial charge in [-0.2, -0.15) is 8.42 Å². The van der Waals surface area contributed by atoms with Crippen LogP contribution in [0.3, 0.4) is 0 Å². The topological polar surface area (TPSA) is 81.9 Å². The number of aryl methyl sites for hydroxylation is 2. The third kappa shape index (κ3) is 9.75. The number of nitrogens with zero attached hydrogens (tertiary/aromatic N) is 2. The first-order valence-corrected chi connectivity index (χ1v) is 20.7. The van der Waals surface area contributed by atoms with Crippen molar-refractivity contribution in [2.45, 2.75) is 59.5 Å². The highest BCUT2D eigenvalue weighted by molar-refractivity contribution is 7.85. The summed E-state index contributed by atoms with van der Waals surface area (Å²) in [6.07, 6.45) is 6.83. The molecule has 0 fully saturated rings. The number of anilines is 3. The predicted octanol–water partition coefficient (Wildman–Crippen LogP) is 10.7. The maximum absolute atomic E-state index is 11.6. The minimum Gasteiger partial charge on any atom is -0.494 e. The van der Waals surface area contributed by atoms with Gasteiger partial charge in [0.1, 0.15) is 12.3 Å². The van der Waals surface area contributed by atoms with Crippen LogP contribution in [0.2, 0.25) is 0 Å². The van der Waals surface area contributed by atoms with Crippen molar-refractivity contribution >= 4 is 38.5 Å². The van der Waals surface area contributed by atoms with Gasteiger partial charge in [-0.1, -0.05) is 54.1 Å². The van der Waals surface area contributed by atoms with E-state index < -0.39 is 10.1 Å². The first-order chi connectivity index (χ1) is 26.9. The maximum atomic E-state index is 11.6. The fourth-order valence-electron chi connectivity index (χ4n) is 7.18. The standard InChI is InChI=1S/C48H51N3O4S/c1-7-50(32-37-13-25-45(26-14-37)56(52,53)54)42-21-27-46(35(5)30-42)48(39-15-17-40(18-16-39)49-41-19-23-44(24-20-41)55-9-3)47-28-22-43(31-36(47)6)51(8-2)33-38-12-10-11-34(4)29-38/h10-31H,7-9,32-33H2,1-6H3,(H,52,53,54)/p+1. The number of rotatable bonds is 14. The Morgan fingerprint density at radius 1 is 0.786 bits per heavy atom. The highest BCUT2D eigenvalue weighted by Crippen LogP contribution is 2.37. The van der Waals surface area contributed by atoms with E-state index in [9.17, 15) is 13.0 Å². The lowest BCUT2D eigenvalue weighted by Gasteiger charge is -2.25. The van der Waals surface area contributed by atoms with E-state index in [2.05, 4.69) is 134 Å². The molecule has 0 bridgehead atoms. The van der Waals surface area contributed by atoms with Crippen LogP contribution in [-0.4, -0.2) is 43.0 Å². The van der Waals surface area contributed by atoms with Gasteiger partial charge in [-0.3, -0.25) is 4.55 Å². The Morgan fingerprint density at radius 3 is 2.07 bits per heavy atom. The summed E-state index contributed by atoms with van der Waals surface area (Å²) in [5, 5.41) is 3.53. The van der Waals surface area contributed by atoms with Crippen LogP contribution in [0.15, 0.2) is 150 Å². The predicted molar refractivity (Wildman–Crippen MR) is 231 cm³/mol. The second-order valence-electron chi connectivity index (χ2n) is 14.2. The van der Waals surface area contributed by atoms with Crippen LogP contribution in [0.5, 0.6) is 5.75 Å². The molecule has 2 N–H and O–H groups in total. The monoisotopic (exact) mass is 766 g/mol. The van der Waals surface area contributed by atoms with Gasteiger partial charge < -0.3 is 15.0 Å². The average molecular weight is 767 g/mol. The van der Waals surface area contributed by atoms with Crippen molar-refractivity contribution in [3.8, 4) is 5.75 Å². The van der Waals surface area contributed by atoms with Crippen LogP contribution >= 0.6 is 0 Å². The molecule has 7 nitrogen and oxygen atoms in total. The zero-order valence-electron chi connectivity index (χ0n) is 33.2. The largest absolute Gasteiger partial charge is 0.494 e. The molecule has 6 rings (SSSR count). The van der Waals surface area contributed by atoms with Gasteiger partial charge in [0, 0.05) is 47.9 Å². The number of ether oxygens (including phenoxy) is 1. The van der Waals surface area contributed by atoms with Gasteiger partial charge in [0.15, 0.2) is 12.3 Å². The molecule has 8 heteroatoms. The lowest BCUT2D eigenvalue weighted by molar-refractivity contribution is -0.539. The Morgan fingerprint density at radius 2 is 1.48 bits per heavy atom. The van der Waals surface area contributed by atoms with E-state index in [-0.39, 0.29) is 4.90 Å². The van der Waals surface area contributed by atoms with Gasteiger partial charge in [-0.15, -0.1) is 0 Å². The Hall–Kier alpha value is -5.70. The second kappa shape index (κ2) is 17.8. The normalized spacial score (nSPS) is 14.6. The molecule has 0 heterocycles. The van der Waals surface area contributed by atoms with E-state index in [4.69, 9.17) is 4.74 Å². The van der Waals surface area contributed by atoms with Gasteiger partial charge in [0.2, 0.25) is 0 Å². The molecule has 5 aromatic rings. The van der Waals surface area contributed by atoms with E-state index in [1.165, 1.54) is 40.1 Å². The molecule has 0 aliphatic heterocycles. The molecule has 1 aliphatic rings. The van der Waals surface area contributed by atoms with Crippen LogP contribution in [0, 0.1) is 13.8 Å². The summed E-state index contributed by atoms with van der Waals surface area (Å²) in [6, 6.07) is 38.4. The smallest absolute Gasteiger partial charge is 0.294 e. The van der Waals surface area contributed by atoms with E-state index in [1.807, 2.05) is 31.2 Å². The molecule has 0 saturated carbocycles. The minimum absolute atomic E-state index is 0.107. The minimum atomic E-state index is -4.24. The van der Waals surface area contributed by atoms with E-state index >= 15 is 0 Å². The fourth-order valence-corrected chi connectivity index (χ4v) is 7.66. The average Bonchev–Trinajstić information content (AvgIpc) is 3.18. The number of allylic oxidation sites excluding steroid dienone is 5. The van der Waals surface area contributed by atoms with Gasteiger partial charge in [-0.05, 0) is 153 Å². The molecule has 0 aromatic heterocycles. The van der Waals surface area contributed by atoms with Crippen LogP contribution in [0.25, 0.3) is 5.57 Å². The third-order valence-corrected chi connectivity index (χ3v) is 11.0. The Bertz CT molecular complexity index is 2410. The first-order valence-electron chi connectivity index (χ1n) is 19.3. The summed E-state index contributed by atoms with van der Waals surface area (Å²) >= 11 is 0. The second-order valence-corrected chi connectivity index (χ2v) is 15.6. The van der Waals surface area contributed by atoms with Crippen molar-refractivity contribution in [1.29, 1.82) is 0 Å². The summed E-state index contributed by atoms with van der Waals surface area (Å²) in [6.45, 7) is 16.5. The van der Waals surface area contributed by atoms with Gasteiger partial charge in [0.25, 0.3) is 10.1 Å². The molecule has 0 saturated heterocycles. The molecule has 0 amide bonds. The van der Waals surface area contributed by atoms with Crippen molar-refractivity contribution in [2.24, 2.45) is 0 Å². The molecular formula is C48H52N3O4S+. The lowest BCUT2D eigenvalue weighted by atomic mass is 9.85. The van der Waals surface area contributed by atoms with Crippen molar-refractivity contribution in [2.75, 3.05) is 29.9 Å². The van der Waals surface area contributed by atoms with E-state index in [0.717, 1.165) is 70.3 Å². The van der Waals surface area contributed by atoms with Crippen molar-refractivity contribution in [3.05, 3.63) is 178 Å². The summed E-state index contributed by atoms with van der Waals surface area (Å²) < 4.78 is 40.6. The van der Waals surface area contributed by atoms with Crippen LogP contribution < -0.4 is 15.0 Å². The van der Waals surface area contributed by atoms with E-state index in [0.29, 0.717) is 13.2 Å². The SMILES string of the molecule is CCOc1ccc(Nc2ccc(/C(=C3/C=CC(=[N+](CC)Cc4cccc(C)c4)C=C3C)c3ccc(N(CC)Cc4ccc(S(=O)(=O)O)cc4)cc3C)cc2)cc1. The summed E-state index contributed by atoms with van der Waals surface area (Å²) in [5.41, 5.74) is 14.7. The number of hydrogen-bond donors (Lipinski definition) is 2. The Balaban J connectivity index is 1.36. The highest BCUT2D eigenvalue weighted by Gasteiger charge is 2.21. The Kier molecular flexibility index (Phi) is 12.7. The molecule has 288 valence electrons. The number of nitrogens with one attached hydrogen (secondary N) is 1. The van der Waals surface area contributed by atoms with Gasteiger partial charge in [-0.25, -0.2) is 4.58 Å². The van der Waals surface area contributed by atoms with Crippen molar-refractivity contribution < 1.29 is 22.3 Å².